The van der Waals surface area contributed by atoms with Gasteiger partial charge in [0, 0.05) is 24.7 Å². The lowest BCUT2D eigenvalue weighted by atomic mass is 9.82. The molecule has 0 aliphatic rings. The summed E-state index contributed by atoms with van der Waals surface area (Å²) in [5.74, 6) is -1.01. The molecule has 0 fully saturated rings. The van der Waals surface area contributed by atoms with Crippen molar-refractivity contribution in [3.63, 3.8) is 0 Å². The molecule has 1 aromatic carbocycles. The first kappa shape index (κ1) is 15.9. The number of carboxylic acid groups (broad SMARTS) is 1. The Hall–Kier alpha value is -2.17. The molecule has 0 aliphatic carbocycles. The Morgan fingerprint density at radius 2 is 1.75 bits per heavy atom. The summed E-state index contributed by atoms with van der Waals surface area (Å²) in [4.78, 5) is 34.9. The average Bonchev–Trinajstić information content (AvgIpc) is 2.35. The van der Waals surface area contributed by atoms with Gasteiger partial charge in [-0.15, -0.1) is 0 Å². The van der Waals surface area contributed by atoms with Gasteiger partial charge in [-0.2, -0.15) is 0 Å². The number of hydrogen-bond donors (Lipinski definition) is 1. The summed E-state index contributed by atoms with van der Waals surface area (Å²) in [6.07, 6.45) is 0.805. The van der Waals surface area contributed by atoms with E-state index in [0.29, 0.717) is 17.7 Å². The standard InChI is InChI=1S/C15H19NO4/c1-15(2,9-14(19)20)8-13(18)11-4-6-12(7-5-11)16(3)10-17/h4-7,10H,8-9H2,1-3H3,(H,19,20). The molecule has 0 spiro atoms. The molecule has 1 rings (SSSR count). The zero-order chi connectivity index (χ0) is 15.3. The first-order valence-electron chi connectivity index (χ1n) is 6.28. The second kappa shape index (κ2) is 6.32. The number of carboxylic acids is 1. The zero-order valence-corrected chi connectivity index (χ0v) is 11.9. The third kappa shape index (κ3) is 4.50. The van der Waals surface area contributed by atoms with E-state index in [1.807, 2.05) is 0 Å². The zero-order valence-electron chi connectivity index (χ0n) is 11.9. The van der Waals surface area contributed by atoms with Crippen LogP contribution < -0.4 is 4.90 Å². The number of Topliss-reactive ketones (excluding diaryl/α,β-unsaturated/α-hetero) is 1. The molecule has 0 radical (unpaired) electrons. The summed E-state index contributed by atoms with van der Waals surface area (Å²) in [5.41, 5.74) is 0.633. The molecule has 1 amide bonds. The first-order chi connectivity index (χ1) is 9.25. The fourth-order valence-corrected chi connectivity index (χ4v) is 1.95. The van der Waals surface area contributed by atoms with Gasteiger partial charge in [0.25, 0.3) is 0 Å². The highest BCUT2D eigenvalue weighted by atomic mass is 16.4. The molecule has 5 heteroatoms. The number of nitrogens with zero attached hydrogens (tertiary/aromatic N) is 1. The van der Waals surface area contributed by atoms with Crippen LogP contribution in [0.25, 0.3) is 0 Å². The molecule has 0 saturated heterocycles. The lowest BCUT2D eigenvalue weighted by Gasteiger charge is -2.21. The minimum absolute atomic E-state index is 0.0509. The molecular formula is C15H19NO4. The fraction of sp³-hybridized carbons (Fsp3) is 0.400. The lowest BCUT2D eigenvalue weighted by Crippen LogP contribution is -2.21. The van der Waals surface area contributed by atoms with Crippen molar-refractivity contribution in [1.29, 1.82) is 0 Å². The van der Waals surface area contributed by atoms with Crippen molar-refractivity contribution in [2.24, 2.45) is 5.41 Å². The second-order valence-electron chi connectivity index (χ2n) is 5.60. The van der Waals surface area contributed by atoms with Gasteiger partial charge in [0.15, 0.2) is 5.78 Å². The van der Waals surface area contributed by atoms with Gasteiger partial charge in [0.2, 0.25) is 6.41 Å². The number of carbonyl (C=O) groups excluding carboxylic acids is 2. The van der Waals surface area contributed by atoms with E-state index in [0.717, 1.165) is 0 Å². The van der Waals surface area contributed by atoms with Crippen LogP contribution in [-0.2, 0) is 9.59 Å². The number of ketones is 1. The monoisotopic (exact) mass is 277 g/mol. The quantitative estimate of drug-likeness (QED) is 0.613. The van der Waals surface area contributed by atoms with Crippen LogP contribution >= 0.6 is 0 Å². The summed E-state index contributed by atoms with van der Waals surface area (Å²) < 4.78 is 0. The minimum Gasteiger partial charge on any atom is -0.481 e. The van der Waals surface area contributed by atoms with Crippen LogP contribution in [0.5, 0.6) is 0 Å². The Labute approximate surface area is 118 Å². The van der Waals surface area contributed by atoms with E-state index in [1.165, 1.54) is 4.90 Å². The number of amides is 1. The van der Waals surface area contributed by atoms with Gasteiger partial charge in [-0.05, 0) is 29.7 Å². The number of anilines is 1. The normalized spacial score (nSPS) is 10.9. The van der Waals surface area contributed by atoms with Gasteiger partial charge in [-0.1, -0.05) is 13.8 Å². The number of benzene rings is 1. The van der Waals surface area contributed by atoms with Crippen molar-refractivity contribution in [2.75, 3.05) is 11.9 Å². The minimum atomic E-state index is -0.911. The van der Waals surface area contributed by atoms with Crippen LogP contribution in [0.4, 0.5) is 5.69 Å². The van der Waals surface area contributed by atoms with Crippen molar-refractivity contribution in [3.8, 4) is 0 Å². The number of aliphatic carboxylic acids is 1. The number of hydrogen-bond acceptors (Lipinski definition) is 3. The van der Waals surface area contributed by atoms with Crippen LogP contribution in [0.1, 0.15) is 37.0 Å². The Morgan fingerprint density at radius 1 is 1.20 bits per heavy atom. The Kier molecular flexibility index (Phi) is 5.02. The maximum atomic E-state index is 12.1. The highest BCUT2D eigenvalue weighted by molar-refractivity contribution is 5.97. The maximum absolute atomic E-state index is 12.1. The molecule has 0 atom stereocenters. The second-order valence-corrected chi connectivity index (χ2v) is 5.60. The van der Waals surface area contributed by atoms with E-state index in [9.17, 15) is 14.4 Å². The van der Waals surface area contributed by atoms with Gasteiger partial charge < -0.3 is 10.0 Å². The third-order valence-electron chi connectivity index (χ3n) is 3.02. The molecule has 20 heavy (non-hydrogen) atoms. The fourth-order valence-electron chi connectivity index (χ4n) is 1.95. The van der Waals surface area contributed by atoms with Gasteiger partial charge >= 0.3 is 5.97 Å². The van der Waals surface area contributed by atoms with Crippen LogP contribution in [0.2, 0.25) is 0 Å². The van der Waals surface area contributed by atoms with E-state index in [1.54, 1.807) is 45.2 Å². The Morgan fingerprint density at radius 3 is 2.20 bits per heavy atom. The van der Waals surface area contributed by atoms with Gasteiger partial charge in [0.05, 0.1) is 6.42 Å². The Balaban J connectivity index is 2.78. The number of rotatable bonds is 7. The molecule has 108 valence electrons. The van der Waals surface area contributed by atoms with Crippen molar-refractivity contribution in [1.82, 2.24) is 0 Å². The predicted molar refractivity (Wildman–Crippen MR) is 75.9 cm³/mol. The lowest BCUT2D eigenvalue weighted by molar-refractivity contribution is -0.139. The molecule has 1 N–H and O–H groups in total. The predicted octanol–water partition coefficient (Wildman–Crippen LogP) is 2.35. The van der Waals surface area contributed by atoms with Crippen LogP contribution in [-0.4, -0.2) is 30.3 Å². The smallest absolute Gasteiger partial charge is 0.303 e. The number of carbonyl (C=O) groups is 3. The van der Waals surface area contributed by atoms with E-state index < -0.39 is 11.4 Å². The third-order valence-corrected chi connectivity index (χ3v) is 3.02. The van der Waals surface area contributed by atoms with Crippen LogP contribution in [0.3, 0.4) is 0 Å². The van der Waals surface area contributed by atoms with Crippen molar-refractivity contribution in [2.45, 2.75) is 26.7 Å². The van der Waals surface area contributed by atoms with Crippen molar-refractivity contribution in [3.05, 3.63) is 29.8 Å². The molecule has 0 aromatic heterocycles. The Bertz CT molecular complexity index is 505. The summed E-state index contributed by atoms with van der Waals surface area (Å²) in [6, 6.07) is 6.67. The van der Waals surface area contributed by atoms with E-state index in [-0.39, 0.29) is 18.6 Å². The average molecular weight is 277 g/mol. The van der Waals surface area contributed by atoms with Gasteiger partial charge in [-0.3, -0.25) is 14.4 Å². The summed E-state index contributed by atoms with van der Waals surface area (Å²) >= 11 is 0. The summed E-state index contributed by atoms with van der Waals surface area (Å²) in [7, 11) is 1.62. The van der Waals surface area contributed by atoms with E-state index >= 15 is 0 Å². The van der Waals surface area contributed by atoms with Gasteiger partial charge in [-0.25, -0.2) is 0 Å². The van der Waals surface area contributed by atoms with Crippen molar-refractivity contribution < 1.29 is 19.5 Å². The molecule has 0 aliphatic heterocycles. The molecular weight excluding hydrogens is 258 g/mol. The molecule has 1 aromatic rings. The molecule has 0 bridgehead atoms. The SMILES string of the molecule is CN(C=O)c1ccc(C(=O)CC(C)(C)CC(=O)O)cc1. The van der Waals surface area contributed by atoms with Crippen molar-refractivity contribution >= 4 is 23.9 Å². The van der Waals surface area contributed by atoms with Crippen LogP contribution in [0.15, 0.2) is 24.3 Å². The highest BCUT2D eigenvalue weighted by Gasteiger charge is 2.25. The van der Waals surface area contributed by atoms with E-state index in [2.05, 4.69) is 0 Å². The molecule has 0 heterocycles. The maximum Gasteiger partial charge on any atom is 0.303 e. The highest BCUT2D eigenvalue weighted by Crippen LogP contribution is 2.27. The molecule has 0 saturated carbocycles. The summed E-state index contributed by atoms with van der Waals surface area (Å²) in [5, 5.41) is 8.81. The largest absolute Gasteiger partial charge is 0.481 e. The van der Waals surface area contributed by atoms with Crippen LogP contribution in [0, 0.1) is 5.41 Å². The topological polar surface area (TPSA) is 74.7 Å². The van der Waals surface area contributed by atoms with Gasteiger partial charge in [0.1, 0.15) is 0 Å². The molecule has 5 nitrogen and oxygen atoms in total. The first-order valence-corrected chi connectivity index (χ1v) is 6.28. The molecule has 0 unspecified atom stereocenters. The summed E-state index contributed by atoms with van der Waals surface area (Å²) in [6.45, 7) is 3.51. The van der Waals surface area contributed by atoms with E-state index in [4.69, 9.17) is 5.11 Å².